The molecule has 2 aromatic carbocycles. The van der Waals surface area contributed by atoms with Crippen LogP contribution in [0.3, 0.4) is 0 Å². The summed E-state index contributed by atoms with van der Waals surface area (Å²) >= 11 is 6.18. The van der Waals surface area contributed by atoms with Crippen LogP contribution in [0.2, 0.25) is 5.02 Å². The SMILES string of the molecule is Cc1c(Cl)cccc1-c1ccc(CNc2ccc3[nH]c(=O)[nH]c3c2)o1.[Cl-]. The van der Waals surface area contributed by atoms with Gasteiger partial charge in [0.2, 0.25) is 0 Å². The zero-order valence-electron chi connectivity index (χ0n) is 13.9. The van der Waals surface area contributed by atoms with Gasteiger partial charge in [-0.15, -0.1) is 0 Å². The summed E-state index contributed by atoms with van der Waals surface area (Å²) in [4.78, 5) is 16.8. The minimum Gasteiger partial charge on any atom is -1.00 e. The van der Waals surface area contributed by atoms with Crippen molar-refractivity contribution in [2.24, 2.45) is 0 Å². The number of anilines is 1. The van der Waals surface area contributed by atoms with E-state index >= 15 is 0 Å². The fraction of sp³-hybridized carbons (Fsp3) is 0.105. The molecule has 7 heteroatoms. The summed E-state index contributed by atoms with van der Waals surface area (Å²) in [7, 11) is 0. The topological polar surface area (TPSA) is 73.8 Å². The lowest BCUT2D eigenvalue weighted by molar-refractivity contribution is -0.00000566. The number of rotatable bonds is 4. The number of hydrogen-bond donors (Lipinski definition) is 3. The highest BCUT2D eigenvalue weighted by molar-refractivity contribution is 6.31. The third-order valence-electron chi connectivity index (χ3n) is 4.18. The van der Waals surface area contributed by atoms with Gasteiger partial charge in [-0.05, 0) is 48.9 Å². The number of furan rings is 1. The zero-order chi connectivity index (χ0) is 17.4. The third kappa shape index (κ3) is 3.49. The Balaban J connectivity index is 0.00000196. The van der Waals surface area contributed by atoms with E-state index in [4.69, 9.17) is 16.0 Å². The molecule has 0 aliphatic heterocycles. The van der Waals surface area contributed by atoms with Crippen molar-refractivity contribution in [3.05, 3.63) is 75.4 Å². The smallest absolute Gasteiger partial charge is 0.323 e. The van der Waals surface area contributed by atoms with Crippen molar-refractivity contribution in [1.29, 1.82) is 0 Å². The average Bonchev–Trinajstić information content (AvgIpc) is 3.20. The maximum Gasteiger partial charge on any atom is 0.323 e. The van der Waals surface area contributed by atoms with Crippen LogP contribution in [0.1, 0.15) is 11.3 Å². The molecule has 0 aliphatic rings. The van der Waals surface area contributed by atoms with Gasteiger partial charge in [-0.1, -0.05) is 23.7 Å². The normalized spacial score (nSPS) is 10.7. The van der Waals surface area contributed by atoms with Crippen LogP contribution in [-0.2, 0) is 6.54 Å². The quantitative estimate of drug-likeness (QED) is 0.498. The highest BCUT2D eigenvalue weighted by Crippen LogP contribution is 2.30. The molecule has 0 atom stereocenters. The molecule has 0 spiro atoms. The standard InChI is InChI=1S/C19H16ClN3O2.ClH/c1-11-14(3-2-4-15(11)20)18-8-6-13(25-18)10-21-12-5-7-16-17(9-12)23-19(24)22-16;/h2-9,21H,10H2,1H3,(H2,22,23,24);1H/p-1. The largest absolute Gasteiger partial charge is 1.00 e. The van der Waals surface area contributed by atoms with Gasteiger partial charge in [0.25, 0.3) is 0 Å². The molecule has 5 nitrogen and oxygen atoms in total. The monoisotopic (exact) mass is 388 g/mol. The van der Waals surface area contributed by atoms with Crippen molar-refractivity contribution in [2.75, 3.05) is 5.32 Å². The van der Waals surface area contributed by atoms with E-state index in [1.807, 2.05) is 55.5 Å². The van der Waals surface area contributed by atoms with Crippen LogP contribution in [0.25, 0.3) is 22.4 Å². The summed E-state index contributed by atoms with van der Waals surface area (Å²) in [5.74, 6) is 1.61. The van der Waals surface area contributed by atoms with Crippen molar-refractivity contribution < 1.29 is 16.8 Å². The number of benzene rings is 2. The van der Waals surface area contributed by atoms with Crippen molar-refractivity contribution >= 4 is 28.3 Å². The predicted octanol–water partition coefficient (Wildman–Crippen LogP) is 1.69. The van der Waals surface area contributed by atoms with E-state index in [1.165, 1.54) is 0 Å². The second-order valence-electron chi connectivity index (χ2n) is 5.87. The van der Waals surface area contributed by atoms with Crippen molar-refractivity contribution in [1.82, 2.24) is 9.97 Å². The second-order valence-corrected chi connectivity index (χ2v) is 6.28. The van der Waals surface area contributed by atoms with Crippen molar-refractivity contribution in [3.63, 3.8) is 0 Å². The molecule has 2 aromatic heterocycles. The Hall–Kier alpha value is -2.63. The number of nitrogens with one attached hydrogen (secondary N) is 3. The Bertz CT molecular complexity index is 1110. The lowest BCUT2D eigenvalue weighted by Crippen LogP contribution is -3.00. The number of halogens is 2. The van der Waals surface area contributed by atoms with Crippen LogP contribution in [0.4, 0.5) is 5.69 Å². The maximum atomic E-state index is 11.3. The highest BCUT2D eigenvalue weighted by atomic mass is 35.5. The number of aromatic amines is 2. The zero-order valence-corrected chi connectivity index (χ0v) is 15.4. The van der Waals surface area contributed by atoms with E-state index in [9.17, 15) is 4.79 Å². The van der Waals surface area contributed by atoms with E-state index in [1.54, 1.807) is 0 Å². The van der Waals surface area contributed by atoms with Gasteiger partial charge in [0, 0.05) is 16.3 Å². The number of H-pyrrole nitrogens is 2. The van der Waals surface area contributed by atoms with Gasteiger partial charge < -0.3 is 32.1 Å². The molecular weight excluding hydrogens is 373 g/mol. The lowest BCUT2D eigenvalue weighted by Gasteiger charge is -2.06. The molecule has 0 radical (unpaired) electrons. The molecule has 2 heterocycles. The Morgan fingerprint density at radius 2 is 1.88 bits per heavy atom. The third-order valence-corrected chi connectivity index (χ3v) is 4.59. The van der Waals surface area contributed by atoms with Crippen LogP contribution in [-0.4, -0.2) is 9.97 Å². The summed E-state index contributed by atoms with van der Waals surface area (Å²) in [6.45, 7) is 2.52. The van der Waals surface area contributed by atoms with Gasteiger partial charge >= 0.3 is 5.69 Å². The average molecular weight is 389 g/mol. The van der Waals surface area contributed by atoms with Crippen LogP contribution in [0, 0.1) is 6.92 Å². The molecule has 4 aromatic rings. The van der Waals surface area contributed by atoms with Gasteiger partial charge in [0.15, 0.2) is 0 Å². The fourth-order valence-corrected chi connectivity index (χ4v) is 3.00. The Morgan fingerprint density at radius 1 is 1.08 bits per heavy atom. The van der Waals surface area contributed by atoms with Crippen LogP contribution < -0.4 is 23.4 Å². The first-order valence-corrected chi connectivity index (χ1v) is 8.28. The van der Waals surface area contributed by atoms with E-state index in [-0.39, 0.29) is 18.1 Å². The summed E-state index contributed by atoms with van der Waals surface area (Å²) in [6, 6.07) is 15.3. The molecule has 3 N–H and O–H groups in total. The summed E-state index contributed by atoms with van der Waals surface area (Å²) in [5, 5.41) is 4.02. The first-order chi connectivity index (χ1) is 12.1. The Kier molecular flexibility index (Phi) is 5.11. The Labute approximate surface area is 160 Å². The molecule has 0 saturated carbocycles. The second kappa shape index (κ2) is 7.32. The number of aromatic nitrogens is 2. The van der Waals surface area contributed by atoms with Gasteiger partial charge in [-0.2, -0.15) is 0 Å². The molecule has 0 bridgehead atoms. The molecule has 0 unspecified atom stereocenters. The van der Waals surface area contributed by atoms with E-state index < -0.39 is 0 Å². The van der Waals surface area contributed by atoms with Gasteiger partial charge in [0.05, 0.1) is 17.6 Å². The fourth-order valence-electron chi connectivity index (χ4n) is 2.82. The lowest BCUT2D eigenvalue weighted by atomic mass is 10.1. The number of imidazole rings is 1. The first-order valence-electron chi connectivity index (χ1n) is 7.90. The van der Waals surface area contributed by atoms with Gasteiger partial charge in [0.1, 0.15) is 11.5 Å². The predicted molar refractivity (Wildman–Crippen MR) is 100 cm³/mol. The Morgan fingerprint density at radius 3 is 2.73 bits per heavy atom. The number of fused-ring (bicyclic) bond motifs is 1. The summed E-state index contributed by atoms with van der Waals surface area (Å²) in [5.41, 5.74) is 4.24. The molecular formula is C19H16Cl2N3O2-. The van der Waals surface area contributed by atoms with Crippen LogP contribution in [0.5, 0.6) is 0 Å². The van der Waals surface area contributed by atoms with E-state index in [2.05, 4.69) is 15.3 Å². The minimum atomic E-state index is -0.209. The first kappa shape index (κ1) is 18.2. The van der Waals surface area contributed by atoms with Crippen molar-refractivity contribution in [2.45, 2.75) is 13.5 Å². The summed E-state index contributed by atoms with van der Waals surface area (Å²) < 4.78 is 5.93. The molecule has 0 fully saturated rings. The minimum absolute atomic E-state index is 0. The van der Waals surface area contributed by atoms with Crippen LogP contribution >= 0.6 is 11.6 Å². The van der Waals surface area contributed by atoms with Gasteiger partial charge in [-0.25, -0.2) is 4.79 Å². The van der Waals surface area contributed by atoms with E-state index in [0.29, 0.717) is 6.54 Å². The van der Waals surface area contributed by atoms with Gasteiger partial charge in [-0.3, -0.25) is 0 Å². The van der Waals surface area contributed by atoms with E-state index in [0.717, 1.165) is 44.4 Å². The highest BCUT2D eigenvalue weighted by Gasteiger charge is 2.09. The molecule has 4 rings (SSSR count). The summed E-state index contributed by atoms with van der Waals surface area (Å²) in [6.07, 6.45) is 0. The maximum absolute atomic E-state index is 11.3. The molecule has 0 aliphatic carbocycles. The molecule has 0 amide bonds. The van der Waals surface area contributed by atoms with Crippen LogP contribution in [0.15, 0.2) is 57.7 Å². The molecule has 134 valence electrons. The van der Waals surface area contributed by atoms with Crippen molar-refractivity contribution in [3.8, 4) is 11.3 Å². The number of hydrogen-bond acceptors (Lipinski definition) is 3. The molecule has 26 heavy (non-hydrogen) atoms. The molecule has 0 saturated heterocycles.